The first-order valence-corrected chi connectivity index (χ1v) is 17.3. The van der Waals surface area contributed by atoms with Crippen molar-refractivity contribution in [3.05, 3.63) is 22.3 Å². The minimum atomic E-state index is -0.678. The van der Waals surface area contributed by atoms with Crippen LogP contribution in [0.5, 0.6) is 11.5 Å². The Morgan fingerprint density at radius 3 is 1.79 bits per heavy atom. The van der Waals surface area contributed by atoms with Gasteiger partial charge in [0, 0.05) is 36.6 Å². The van der Waals surface area contributed by atoms with Gasteiger partial charge in [-0.3, -0.25) is 9.59 Å². The minimum absolute atomic E-state index is 0.141. The monoisotopic (exact) mass is 606 g/mol. The summed E-state index contributed by atoms with van der Waals surface area (Å²) in [4.78, 5) is 24.2. The van der Waals surface area contributed by atoms with Crippen LogP contribution in [-0.2, 0) is 14.3 Å². The number of rotatable bonds is 19. The van der Waals surface area contributed by atoms with Crippen LogP contribution in [-0.4, -0.2) is 27.9 Å². The van der Waals surface area contributed by atoms with Gasteiger partial charge in [-0.25, -0.2) is 0 Å². The number of carbonyl (C=O) groups excluding carboxylic acids is 2. The third kappa shape index (κ3) is 13.3. The lowest BCUT2D eigenvalue weighted by molar-refractivity contribution is -0.156. The molecule has 0 aromatic heterocycles. The van der Waals surface area contributed by atoms with Gasteiger partial charge in [-0.1, -0.05) is 86.5 Å². The van der Waals surface area contributed by atoms with Crippen LogP contribution in [0.4, 0.5) is 0 Å². The molecule has 0 amide bonds. The van der Waals surface area contributed by atoms with E-state index in [1.54, 1.807) is 11.8 Å². The molecule has 242 valence electrons. The van der Waals surface area contributed by atoms with Crippen molar-refractivity contribution in [1.29, 1.82) is 0 Å². The fraction of sp³-hybridized carbons (Fsp3) is 0.778. The maximum atomic E-state index is 12.3. The predicted molar refractivity (Wildman–Crippen MR) is 179 cm³/mol. The van der Waals surface area contributed by atoms with Crippen molar-refractivity contribution in [2.45, 2.75) is 163 Å². The summed E-state index contributed by atoms with van der Waals surface area (Å²) in [5, 5.41) is 11.5. The molecule has 42 heavy (non-hydrogen) atoms. The van der Waals surface area contributed by atoms with Gasteiger partial charge in [0.1, 0.15) is 17.1 Å². The Bertz CT molecular complexity index is 1000. The summed E-state index contributed by atoms with van der Waals surface area (Å²) < 4.78 is 11.7. The number of hydrogen-bond acceptors (Lipinski definition) is 6. The van der Waals surface area contributed by atoms with Crippen LogP contribution in [0.2, 0.25) is 0 Å². The Labute approximate surface area is 262 Å². The van der Waals surface area contributed by atoms with Crippen LogP contribution in [0, 0.1) is 38.5 Å². The van der Waals surface area contributed by atoms with Crippen molar-refractivity contribution in [2.24, 2.45) is 17.8 Å². The van der Waals surface area contributed by atoms with Gasteiger partial charge >= 0.3 is 11.9 Å². The zero-order valence-electron chi connectivity index (χ0n) is 28.9. The van der Waals surface area contributed by atoms with Crippen molar-refractivity contribution in [2.75, 3.05) is 0 Å². The molecule has 1 aromatic carbocycles. The number of phenols is 1. The van der Waals surface area contributed by atoms with Gasteiger partial charge in [0.15, 0.2) is 0 Å². The fourth-order valence-electron chi connectivity index (χ4n) is 6.11. The van der Waals surface area contributed by atoms with Gasteiger partial charge in [-0.15, -0.1) is 0 Å². The molecule has 0 fully saturated rings. The molecular weight excluding hydrogens is 544 g/mol. The van der Waals surface area contributed by atoms with Crippen molar-refractivity contribution in [1.82, 2.24) is 0 Å². The Morgan fingerprint density at radius 1 is 0.786 bits per heavy atom. The molecule has 4 atom stereocenters. The first-order valence-electron chi connectivity index (χ1n) is 16.3. The molecule has 1 unspecified atom stereocenters. The smallest absolute Gasteiger partial charge is 0.308 e. The SMILES string of the molecule is CC(=O)Oc1c(C)c(C)c(O)c(C(C[C@@](C)(CCC[C@H](C)CCC[C@H](C)CCCC(C)C)OC(C)=O)SC(C)C)c1C. The molecule has 0 bridgehead atoms. The molecule has 6 heteroatoms. The van der Waals surface area contributed by atoms with Gasteiger partial charge < -0.3 is 14.6 Å². The minimum Gasteiger partial charge on any atom is -0.507 e. The molecule has 5 nitrogen and oxygen atoms in total. The molecule has 1 N–H and O–H groups in total. The average Bonchev–Trinajstić information content (AvgIpc) is 2.84. The van der Waals surface area contributed by atoms with Crippen LogP contribution in [0.1, 0.15) is 154 Å². The molecule has 0 saturated heterocycles. The van der Waals surface area contributed by atoms with E-state index in [2.05, 4.69) is 41.5 Å². The highest BCUT2D eigenvalue weighted by atomic mass is 32.2. The Kier molecular flexibility index (Phi) is 16.6. The molecule has 0 aliphatic carbocycles. The summed E-state index contributed by atoms with van der Waals surface area (Å²) >= 11 is 1.75. The van der Waals surface area contributed by atoms with Gasteiger partial charge in [0.25, 0.3) is 0 Å². The lowest BCUT2D eigenvalue weighted by atomic mass is 9.86. The summed E-state index contributed by atoms with van der Waals surface area (Å²) in [5.74, 6) is 2.30. The van der Waals surface area contributed by atoms with E-state index < -0.39 is 5.60 Å². The third-order valence-corrected chi connectivity index (χ3v) is 9.82. The molecule has 0 aliphatic heterocycles. The van der Waals surface area contributed by atoms with Crippen LogP contribution in [0.25, 0.3) is 0 Å². The highest BCUT2D eigenvalue weighted by Gasteiger charge is 2.35. The quantitative estimate of drug-likeness (QED) is 0.125. The van der Waals surface area contributed by atoms with Gasteiger partial charge in [0.2, 0.25) is 0 Å². The first kappa shape index (κ1) is 38.3. The summed E-state index contributed by atoms with van der Waals surface area (Å²) in [6.45, 7) is 24.2. The Morgan fingerprint density at radius 2 is 1.31 bits per heavy atom. The maximum Gasteiger partial charge on any atom is 0.308 e. The van der Waals surface area contributed by atoms with Crippen molar-refractivity contribution in [3.8, 4) is 11.5 Å². The lowest BCUT2D eigenvalue weighted by Crippen LogP contribution is -2.33. The van der Waals surface area contributed by atoms with Gasteiger partial charge in [0.05, 0.1) is 0 Å². The molecule has 1 rings (SSSR count). The van der Waals surface area contributed by atoms with Gasteiger partial charge in [-0.2, -0.15) is 11.8 Å². The Hall–Kier alpha value is -1.69. The van der Waals surface area contributed by atoms with E-state index in [0.717, 1.165) is 47.8 Å². The van der Waals surface area contributed by atoms with Crippen LogP contribution >= 0.6 is 11.8 Å². The second kappa shape index (κ2) is 18.2. The summed E-state index contributed by atoms with van der Waals surface area (Å²) in [6.07, 6.45) is 11.2. The number of aromatic hydroxyl groups is 1. The summed E-state index contributed by atoms with van der Waals surface area (Å²) in [6, 6.07) is 0. The number of esters is 2. The van der Waals surface area contributed by atoms with E-state index in [-0.39, 0.29) is 28.2 Å². The van der Waals surface area contributed by atoms with E-state index in [0.29, 0.717) is 23.7 Å². The van der Waals surface area contributed by atoms with Crippen molar-refractivity contribution < 1.29 is 24.2 Å². The zero-order chi connectivity index (χ0) is 32.2. The molecule has 0 spiro atoms. The number of benzene rings is 1. The fourth-order valence-corrected chi connectivity index (χ4v) is 7.64. The maximum absolute atomic E-state index is 12.3. The second-order valence-corrected chi connectivity index (χ2v) is 15.6. The van der Waals surface area contributed by atoms with Crippen molar-refractivity contribution in [3.63, 3.8) is 0 Å². The molecule has 1 aromatic rings. The van der Waals surface area contributed by atoms with E-state index >= 15 is 0 Å². The first-order chi connectivity index (χ1) is 19.5. The largest absolute Gasteiger partial charge is 0.507 e. The summed E-state index contributed by atoms with van der Waals surface area (Å²) in [5.41, 5.74) is 2.32. The second-order valence-electron chi connectivity index (χ2n) is 13.8. The molecule has 0 heterocycles. The number of carbonyl (C=O) groups is 2. The summed E-state index contributed by atoms with van der Waals surface area (Å²) in [7, 11) is 0. The molecule has 0 saturated carbocycles. The number of ether oxygens (including phenoxy) is 2. The van der Waals surface area contributed by atoms with E-state index in [1.165, 1.54) is 52.4 Å². The number of thioether (sulfide) groups is 1. The highest BCUT2D eigenvalue weighted by molar-refractivity contribution is 8.00. The lowest BCUT2D eigenvalue weighted by Gasteiger charge is -2.35. The molecular formula is C36H62O5S. The van der Waals surface area contributed by atoms with Crippen LogP contribution < -0.4 is 4.74 Å². The zero-order valence-corrected chi connectivity index (χ0v) is 29.8. The predicted octanol–water partition coefficient (Wildman–Crippen LogP) is 10.6. The number of hydrogen-bond donors (Lipinski definition) is 1. The van der Waals surface area contributed by atoms with Crippen LogP contribution in [0.15, 0.2) is 0 Å². The van der Waals surface area contributed by atoms with E-state index in [1.807, 2.05) is 27.7 Å². The van der Waals surface area contributed by atoms with Crippen molar-refractivity contribution >= 4 is 23.7 Å². The Balaban J connectivity index is 3.03. The van der Waals surface area contributed by atoms with Gasteiger partial charge in [-0.05, 0) is 74.7 Å². The average molecular weight is 607 g/mol. The number of phenolic OH excluding ortho intramolecular Hbond substituents is 1. The normalized spacial score (nSPS) is 15.4. The van der Waals surface area contributed by atoms with E-state index in [9.17, 15) is 14.7 Å². The topological polar surface area (TPSA) is 72.8 Å². The van der Waals surface area contributed by atoms with E-state index in [4.69, 9.17) is 9.47 Å². The molecule has 0 aliphatic rings. The highest BCUT2D eigenvalue weighted by Crippen LogP contribution is 2.49. The van der Waals surface area contributed by atoms with Crippen LogP contribution in [0.3, 0.4) is 0 Å². The third-order valence-electron chi connectivity index (χ3n) is 8.54. The standard InChI is InChI=1S/C36H62O5S/c1-23(2)16-13-17-25(5)18-14-19-26(6)20-15-21-36(12,41-31(11)38)22-32(42-24(3)4)33-29(9)35(40-30(10)37)28(8)27(7)34(33)39/h23-26,32,39H,13-22H2,1-12H3/t25-,26-,32?,36-/m1/s1. The molecule has 0 radical (unpaired) electrons.